The number of hydrogen-bond acceptors (Lipinski definition) is 4. The van der Waals surface area contributed by atoms with Gasteiger partial charge in [-0.3, -0.25) is 0 Å². The van der Waals surface area contributed by atoms with E-state index < -0.39 is 5.97 Å². The minimum absolute atomic E-state index is 0.187. The number of carboxylic acid groups (broad SMARTS) is 1. The maximum atomic E-state index is 11.2. The molecule has 0 aliphatic carbocycles. The van der Waals surface area contributed by atoms with Crippen molar-refractivity contribution >= 4 is 34.9 Å². The third-order valence-corrected chi connectivity index (χ3v) is 4.96. The first-order valence-corrected chi connectivity index (χ1v) is 9.52. The predicted octanol–water partition coefficient (Wildman–Crippen LogP) is 5.89. The average molecular weight is 432 g/mol. The van der Waals surface area contributed by atoms with Gasteiger partial charge in [-0.2, -0.15) is 0 Å². The van der Waals surface area contributed by atoms with E-state index in [1.807, 2.05) is 30.3 Å². The molecule has 0 aromatic heterocycles. The van der Waals surface area contributed by atoms with Crippen molar-refractivity contribution in [2.24, 2.45) is 0 Å². The van der Waals surface area contributed by atoms with E-state index in [4.69, 9.17) is 32.7 Å². The Hall–Kier alpha value is -2.89. The summed E-state index contributed by atoms with van der Waals surface area (Å²) in [6.07, 6.45) is 0. The van der Waals surface area contributed by atoms with E-state index in [9.17, 15) is 9.90 Å². The van der Waals surface area contributed by atoms with Crippen LogP contribution >= 0.6 is 23.2 Å². The molecule has 5 nitrogen and oxygen atoms in total. The topological polar surface area (TPSA) is 67.8 Å². The van der Waals surface area contributed by atoms with Gasteiger partial charge in [0.1, 0.15) is 18.1 Å². The van der Waals surface area contributed by atoms with E-state index in [1.54, 1.807) is 31.4 Å². The van der Waals surface area contributed by atoms with Crippen molar-refractivity contribution in [3.8, 4) is 11.5 Å². The zero-order valence-corrected chi connectivity index (χ0v) is 17.1. The van der Waals surface area contributed by atoms with Crippen LogP contribution in [0.2, 0.25) is 10.0 Å². The molecular formula is C22H19Cl2NO4. The van der Waals surface area contributed by atoms with Crippen molar-refractivity contribution in [2.45, 2.75) is 13.2 Å². The van der Waals surface area contributed by atoms with Crippen LogP contribution in [0.1, 0.15) is 21.5 Å². The van der Waals surface area contributed by atoms with Crippen molar-refractivity contribution in [3.05, 3.63) is 87.4 Å². The number of anilines is 1. The second-order valence-corrected chi connectivity index (χ2v) is 7.07. The molecule has 0 saturated heterocycles. The molecule has 3 aromatic carbocycles. The van der Waals surface area contributed by atoms with Crippen molar-refractivity contribution in [2.75, 3.05) is 12.4 Å². The summed E-state index contributed by atoms with van der Waals surface area (Å²) in [6.45, 7) is 0.839. The fourth-order valence-corrected chi connectivity index (χ4v) is 3.04. The van der Waals surface area contributed by atoms with Crippen LogP contribution in [-0.4, -0.2) is 18.2 Å². The molecule has 0 spiro atoms. The van der Waals surface area contributed by atoms with Gasteiger partial charge in [0.05, 0.1) is 28.4 Å². The highest BCUT2D eigenvalue weighted by Crippen LogP contribution is 2.27. The molecule has 0 radical (unpaired) electrons. The highest BCUT2D eigenvalue weighted by Gasteiger charge is 2.09. The Kier molecular flexibility index (Phi) is 6.86. The lowest BCUT2D eigenvalue weighted by molar-refractivity contribution is 0.0697. The number of ether oxygens (including phenoxy) is 2. The summed E-state index contributed by atoms with van der Waals surface area (Å²) in [5, 5.41) is 13.4. The number of rotatable bonds is 8. The first-order chi connectivity index (χ1) is 14.0. The van der Waals surface area contributed by atoms with Crippen LogP contribution in [0.25, 0.3) is 0 Å². The minimum atomic E-state index is -0.992. The van der Waals surface area contributed by atoms with E-state index in [0.29, 0.717) is 40.4 Å². The number of nitrogens with one attached hydrogen (secondary N) is 1. The molecule has 0 aliphatic rings. The van der Waals surface area contributed by atoms with Crippen LogP contribution in [-0.2, 0) is 13.2 Å². The van der Waals surface area contributed by atoms with E-state index >= 15 is 0 Å². The molecule has 0 heterocycles. The van der Waals surface area contributed by atoms with Gasteiger partial charge in [0, 0.05) is 6.54 Å². The standard InChI is InChI=1S/C22H19Cl2NO4/c1-28-21-8-6-16(22(26)27)11-20(21)25-12-14-3-2-4-17(9-14)29-13-15-5-7-18(23)19(24)10-15/h2-11,25H,12-13H2,1H3,(H,26,27). The molecule has 29 heavy (non-hydrogen) atoms. The van der Waals surface area contributed by atoms with Gasteiger partial charge in [-0.1, -0.05) is 41.4 Å². The summed E-state index contributed by atoms with van der Waals surface area (Å²) in [5.74, 6) is 0.289. The number of aromatic carboxylic acids is 1. The summed E-state index contributed by atoms with van der Waals surface area (Å²) in [6, 6.07) is 17.7. The van der Waals surface area contributed by atoms with Gasteiger partial charge in [-0.05, 0) is 53.6 Å². The highest BCUT2D eigenvalue weighted by atomic mass is 35.5. The lowest BCUT2D eigenvalue weighted by Gasteiger charge is -2.13. The molecule has 150 valence electrons. The van der Waals surface area contributed by atoms with E-state index in [0.717, 1.165) is 11.1 Å². The van der Waals surface area contributed by atoms with Crippen molar-refractivity contribution in [1.82, 2.24) is 0 Å². The van der Waals surface area contributed by atoms with Gasteiger partial charge < -0.3 is 19.9 Å². The second-order valence-electron chi connectivity index (χ2n) is 6.26. The predicted molar refractivity (Wildman–Crippen MR) is 115 cm³/mol. The summed E-state index contributed by atoms with van der Waals surface area (Å²) < 4.78 is 11.1. The van der Waals surface area contributed by atoms with Gasteiger partial charge in [0.15, 0.2) is 0 Å². The quantitative estimate of drug-likeness (QED) is 0.465. The van der Waals surface area contributed by atoms with E-state index in [1.165, 1.54) is 6.07 Å². The second kappa shape index (κ2) is 9.54. The number of halogens is 2. The number of carbonyl (C=O) groups is 1. The molecule has 0 atom stereocenters. The SMILES string of the molecule is COc1ccc(C(=O)O)cc1NCc1cccc(OCc2ccc(Cl)c(Cl)c2)c1. The Bertz CT molecular complexity index is 1020. The highest BCUT2D eigenvalue weighted by molar-refractivity contribution is 6.42. The molecular weight excluding hydrogens is 413 g/mol. The van der Waals surface area contributed by atoms with Crippen molar-refractivity contribution in [3.63, 3.8) is 0 Å². The van der Waals surface area contributed by atoms with Crippen molar-refractivity contribution in [1.29, 1.82) is 0 Å². The molecule has 0 aliphatic heterocycles. The maximum Gasteiger partial charge on any atom is 0.335 e. The van der Waals surface area contributed by atoms with Gasteiger partial charge >= 0.3 is 5.97 Å². The van der Waals surface area contributed by atoms with Gasteiger partial charge in [-0.15, -0.1) is 0 Å². The Balaban J connectivity index is 1.66. The molecule has 2 N–H and O–H groups in total. The van der Waals surface area contributed by atoms with Crippen LogP contribution in [0.15, 0.2) is 60.7 Å². The lowest BCUT2D eigenvalue weighted by atomic mass is 10.1. The number of carboxylic acids is 1. The third-order valence-electron chi connectivity index (χ3n) is 4.22. The maximum absolute atomic E-state index is 11.2. The number of hydrogen-bond donors (Lipinski definition) is 2. The molecule has 0 saturated carbocycles. The van der Waals surface area contributed by atoms with Gasteiger partial charge in [-0.25, -0.2) is 4.79 Å². The molecule has 0 bridgehead atoms. The first-order valence-electron chi connectivity index (χ1n) is 8.77. The van der Waals surface area contributed by atoms with Crippen LogP contribution in [0.5, 0.6) is 11.5 Å². The van der Waals surface area contributed by atoms with E-state index in [-0.39, 0.29) is 5.56 Å². The Morgan fingerprint density at radius 2 is 1.83 bits per heavy atom. The van der Waals surface area contributed by atoms with Crippen LogP contribution in [0.4, 0.5) is 5.69 Å². The first kappa shape index (κ1) is 20.8. The number of methoxy groups -OCH3 is 1. The summed E-state index contributed by atoms with van der Waals surface area (Å²) in [4.78, 5) is 11.2. The normalized spacial score (nSPS) is 10.4. The summed E-state index contributed by atoms with van der Waals surface area (Å²) in [5.41, 5.74) is 2.68. The minimum Gasteiger partial charge on any atom is -0.495 e. The lowest BCUT2D eigenvalue weighted by Crippen LogP contribution is -2.04. The van der Waals surface area contributed by atoms with Crippen LogP contribution in [0, 0.1) is 0 Å². The van der Waals surface area contributed by atoms with Crippen LogP contribution in [0.3, 0.4) is 0 Å². The Labute approximate surface area is 178 Å². The summed E-state index contributed by atoms with van der Waals surface area (Å²) in [7, 11) is 1.54. The zero-order valence-electron chi connectivity index (χ0n) is 15.6. The Morgan fingerprint density at radius 3 is 2.55 bits per heavy atom. The average Bonchev–Trinajstić information content (AvgIpc) is 2.73. The van der Waals surface area contributed by atoms with Gasteiger partial charge in [0.2, 0.25) is 0 Å². The molecule has 0 amide bonds. The smallest absolute Gasteiger partial charge is 0.335 e. The largest absolute Gasteiger partial charge is 0.495 e. The number of benzene rings is 3. The zero-order chi connectivity index (χ0) is 20.8. The Morgan fingerprint density at radius 1 is 1.00 bits per heavy atom. The molecule has 0 unspecified atom stereocenters. The molecule has 3 rings (SSSR count). The van der Waals surface area contributed by atoms with Gasteiger partial charge in [0.25, 0.3) is 0 Å². The van der Waals surface area contributed by atoms with E-state index in [2.05, 4.69) is 5.32 Å². The third kappa shape index (κ3) is 5.56. The molecule has 0 fully saturated rings. The summed E-state index contributed by atoms with van der Waals surface area (Å²) >= 11 is 12.0. The monoisotopic (exact) mass is 431 g/mol. The van der Waals surface area contributed by atoms with Crippen LogP contribution < -0.4 is 14.8 Å². The fourth-order valence-electron chi connectivity index (χ4n) is 2.72. The molecule has 7 heteroatoms. The van der Waals surface area contributed by atoms with Crippen molar-refractivity contribution < 1.29 is 19.4 Å². The fraction of sp³-hybridized carbons (Fsp3) is 0.136. The molecule has 3 aromatic rings.